The molecule has 1 N–H and O–H groups in total. The van der Waals surface area contributed by atoms with Crippen LogP contribution in [0.2, 0.25) is 0 Å². The van der Waals surface area contributed by atoms with E-state index in [1.807, 2.05) is 0 Å². The minimum absolute atomic E-state index is 0.170. The van der Waals surface area contributed by atoms with Crippen LogP contribution < -0.4 is 16.7 Å². The number of H-pyrrole nitrogens is 1. The molecule has 5 heteroatoms. The van der Waals surface area contributed by atoms with Gasteiger partial charge in [-0.1, -0.05) is 18.2 Å². The Morgan fingerprint density at radius 1 is 0.800 bits per heavy atom. The highest BCUT2D eigenvalue weighted by molar-refractivity contribution is 6.01. The lowest BCUT2D eigenvalue weighted by atomic mass is 10.1. The van der Waals surface area contributed by atoms with Crippen molar-refractivity contribution in [2.45, 2.75) is 0 Å². The van der Waals surface area contributed by atoms with Crippen molar-refractivity contribution < 1.29 is 0 Å². The molecule has 0 fully saturated rings. The summed E-state index contributed by atoms with van der Waals surface area (Å²) < 4.78 is 1.39. The molecule has 4 aromatic rings. The summed E-state index contributed by atoms with van der Waals surface area (Å²) in [6.07, 6.45) is 0. The Hall–Kier alpha value is -2.95. The maximum Gasteiger partial charge on any atom is 0.333 e. The minimum atomic E-state index is -0.532. The van der Waals surface area contributed by atoms with Crippen LogP contribution in [0.15, 0.2) is 56.8 Å². The molecule has 0 bridgehead atoms. The summed E-state index contributed by atoms with van der Waals surface area (Å²) in [5.41, 5.74) is -0.297. The van der Waals surface area contributed by atoms with Crippen molar-refractivity contribution in [2.75, 3.05) is 0 Å². The number of hydrogen-bond donors (Lipinski definition) is 1. The number of aromatic nitrogens is 2. The third-order valence-corrected chi connectivity index (χ3v) is 3.56. The summed E-state index contributed by atoms with van der Waals surface area (Å²) >= 11 is 0. The first-order chi connectivity index (χ1) is 9.68. The first kappa shape index (κ1) is 10.9. The smallest absolute Gasteiger partial charge is 0.288 e. The zero-order valence-corrected chi connectivity index (χ0v) is 10.2. The summed E-state index contributed by atoms with van der Waals surface area (Å²) in [5, 5.41) is 1.18. The van der Waals surface area contributed by atoms with Gasteiger partial charge in [-0.15, -0.1) is 0 Å². The normalized spacial score (nSPS) is 11.6. The van der Waals surface area contributed by atoms with Gasteiger partial charge in [-0.3, -0.25) is 19.0 Å². The quantitative estimate of drug-likeness (QED) is 0.382. The van der Waals surface area contributed by atoms with Crippen LogP contribution in [-0.4, -0.2) is 9.38 Å². The predicted molar refractivity (Wildman–Crippen MR) is 76.8 cm³/mol. The van der Waals surface area contributed by atoms with E-state index in [0.717, 1.165) is 0 Å². The minimum Gasteiger partial charge on any atom is -0.288 e. The number of benzene rings is 2. The molecule has 4 rings (SSSR count). The Morgan fingerprint density at radius 3 is 2.35 bits per heavy atom. The molecule has 96 valence electrons. The van der Waals surface area contributed by atoms with E-state index in [-0.39, 0.29) is 5.43 Å². The molecule has 0 radical (unpaired) electrons. The van der Waals surface area contributed by atoms with E-state index in [2.05, 4.69) is 4.98 Å². The van der Waals surface area contributed by atoms with E-state index in [4.69, 9.17) is 0 Å². The van der Waals surface area contributed by atoms with Crippen molar-refractivity contribution >= 4 is 27.2 Å². The van der Waals surface area contributed by atoms with E-state index in [1.54, 1.807) is 42.5 Å². The fourth-order valence-electron chi connectivity index (χ4n) is 2.71. The first-order valence-corrected chi connectivity index (χ1v) is 6.10. The van der Waals surface area contributed by atoms with Gasteiger partial charge in [0.25, 0.3) is 5.56 Å². The Kier molecular flexibility index (Phi) is 1.93. The first-order valence-electron chi connectivity index (χ1n) is 6.10. The zero-order valence-electron chi connectivity index (χ0n) is 10.2. The van der Waals surface area contributed by atoms with Crippen LogP contribution in [0.4, 0.5) is 0 Å². The highest BCUT2D eigenvalue weighted by atomic mass is 16.2. The molecule has 2 aromatic heterocycles. The molecule has 5 nitrogen and oxygen atoms in total. The second-order valence-corrected chi connectivity index (χ2v) is 4.64. The molecule has 0 atom stereocenters. The van der Waals surface area contributed by atoms with Gasteiger partial charge in [0.2, 0.25) is 0 Å². The van der Waals surface area contributed by atoms with E-state index in [1.165, 1.54) is 4.40 Å². The highest BCUT2D eigenvalue weighted by Gasteiger charge is 2.14. The summed E-state index contributed by atoms with van der Waals surface area (Å²) in [7, 11) is 0. The third kappa shape index (κ3) is 1.19. The number of nitrogens with one attached hydrogen (secondary N) is 1. The number of para-hydroxylation sites is 2. The van der Waals surface area contributed by atoms with Gasteiger partial charge < -0.3 is 0 Å². The Labute approximate surface area is 111 Å². The number of nitrogens with zero attached hydrogens (tertiary/aromatic N) is 1. The molecule has 20 heavy (non-hydrogen) atoms. The van der Waals surface area contributed by atoms with E-state index < -0.39 is 11.2 Å². The van der Waals surface area contributed by atoms with Crippen LogP contribution in [0, 0.1) is 0 Å². The summed E-state index contributed by atoms with van der Waals surface area (Å²) in [4.78, 5) is 38.8. The number of hydrogen-bond acceptors (Lipinski definition) is 3. The van der Waals surface area contributed by atoms with E-state index in [0.29, 0.717) is 27.2 Å². The van der Waals surface area contributed by atoms with Crippen LogP contribution in [0.25, 0.3) is 27.2 Å². The molecular formula is C15H8N2O3. The molecule has 0 aliphatic heterocycles. The fourth-order valence-corrected chi connectivity index (χ4v) is 2.71. The number of rotatable bonds is 0. The predicted octanol–water partition coefficient (Wildman–Crippen LogP) is 1.09. The number of pyridine rings is 1. The van der Waals surface area contributed by atoms with Gasteiger partial charge in [-0.05, 0) is 24.3 Å². The lowest BCUT2D eigenvalue weighted by molar-refractivity contribution is 1.02. The maximum atomic E-state index is 12.5. The molecule has 0 unspecified atom stereocenters. The van der Waals surface area contributed by atoms with Crippen molar-refractivity contribution in [1.82, 2.24) is 9.38 Å². The Balaban J connectivity index is 2.61. The highest BCUT2D eigenvalue weighted by Crippen LogP contribution is 2.19. The van der Waals surface area contributed by atoms with Gasteiger partial charge in [0.05, 0.1) is 16.4 Å². The Bertz CT molecular complexity index is 1160. The molecule has 0 amide bonds. The standard InChI is InChI=1S/C15H8N2O3/c18-13-8-4-1-2-7-11(8)17-12-9(13)5-3-6-10(12)14(19)16-15(17)20/h1-7H,(H,16,19,20). The van der Waals surface area contributed by atoms with Crippen molar-refractivity contribution in [2.24, 2.45) is 0 Å². The van der Waals surface area contributed by atoms with E-state index in [9.17, 15) is 14.4 Å². The van der Waals surface area contributed by atoms with Crippen LogP contribution >= 0.6 is 0 Å². The maximum absolute atomic E-state index is 12.5. The van der Waals surface area contributed by atoms with E-state index >= 15 is 0 Å². The molecule has 0 saturated heterocycles. The summed E-state index contributed by atoms with van der Waals surface area (Å²) in [5.74, 6) is 0. The molecule has 0 saturated carbocycles. The molecular weight excluding hydrogens is 256 g/mol. The second kappa shape index (κ2) is 3.54. The van der Waals surface area contributed by atoms with Crippen LogP contribution in [0.1, 0.15) is 0 Å². The lowest BCUT2D eigenvalue weighted by Gasteiger charge is -2.08. The number of fused-ring (bicyclic) bond motifs is 2. The molecule has 0 aliphatic rings. The average molecular weight is 264 g/mol. The van der Waals surface area contributed by atoms with Gasteiger partial charge in [0.1, 0.15) is 0 Å². The van der Waals surface area contributed by atoms with Gasteiger partial charge in [0.15, 0.2) is 5.43 Å². The third-order valence-electron chi connectivity index (χ3n) is 3.56. The van der Waals surface area contributed by atoms with Crippen molar-refractivity contribution in [3.63, 3.8) is 0 Å². The van der Waals surface area contributed by atoms with Crippen LogP contribution in [-0.2, 0) is 0 Å². The monoisotopic (exact) mass is 264 g/mol. The summed E-state index contributed by atoms with van der Waals surface area (Å²) in [6.45, 7) is 0. The van der Waals surface area contributed by atoms with Gasteiger partial charge in [-0.25, -0.2) is 4.79 Å². The van der Waals surface area contributed by atoms with Gasteiger partial charge in [-0.2, -0.15) is 0 Å². The Morgan fingerprint density at radius 2 is 1.50 bits per heavy atom. The molecule has 2 aromatic carbocycles. The molecule has 2 heterocycles. The topological polar surface area (TPSA) is 71.4 Å². The van der Waals surface area contributed by atoms with Gasteiger partial charge in [0, 0.05) is 10.8 Å². The van der Waals surface area contributed by atoms with Crippen molar-refractivity contribution in [1.29, 1.82) is 0 Å². The number of aromatic amines is 1. The van der Waals surface area contributed by atoms with Crippen LogP contribution in [0.5, 0.6) is 0 Å². The van der Waals surface area contributed by atoms with Crippen LogP contribution in [0.3, 0.4) is 0 Å². The summed E-state index contributed by atoms with van der Waals surface area (Å²) in [6, 6.07) is 11.8. The second-order valence-electron chi connectivity index (χ2n) is 4.64. The zero-order chi connectivity index (χ0) is 13.9. The molecule has 0 aliphatic carbocycles. The average Bonchev–Trinajstić information content (AvgIpc) is 2.46. The SMILES string of the molecule is O=c1[nH]c(=O)n2c3ccccc3c(=O)c3cccc1c32. The fraction of sp³-hybridized carbons (Fsp3) is 0. The van der Waals surface area contributed by atoms with Crippen molar-refractivity contribution in [3.8, 4) is 0 Å². The molecule has 0 spiro atoms. The van der Waals surface area contributed by atoms with Crippen molar-refractivity contribution in [3.05, 3.63) is 73.5 Å². The lowest BCUT2D eigenvalue weighted by Crippen LogP contribution is -2.28. The largest absolute Gasteiger partial charge is 0.333 e. The van der Waals surface area contributed by atoms with Gasteiger partial charge >= 0.3 is 5.69 Å².